The van der Waals surface area contributed by atoms with Crippen molar-refractivity contribution in [3.05, 3.63) is 70.7 Å². The molecule has 156 valence electrons. The van der Waals surface area contributed by atoms with E-state index in [4.69, 9.17) is 9.84 Å². The van der Waals surface area contributed by atoms with E-state index >= 15 is 0 Å². The molecule has 3 rings (SSSR count). The molecule has 0 bridgehead atoms. The van der Waals surface area contributed by atoms with Crippen molar-refractivity contribution in [1.82, 2.24) is 14.5 Å². The summed E-state index contributed by atoms with van der Waals surface area (Å²) in [4.78, 5) is 30.8. The van der Waals surface area contributed by atoms with Gasteiger partial charge in [0.05, 0.1) is 23.1 Å². The van der Waals surface area contributed by atoms with Gasteiger partial charge in [0.15, 0.2) is 12.4 Å². The van der Waals surface area contributed by atoms with E-state index in [1.165, 1.54) is 30.7 Å². The first-order valence-corrected chi connectivity index (χ1v) is 8.17. The van der Waals surface area contributed by atoms with Gasteiger partial charge in [-0.05, 0) is 24.3 Å². The summed E-state index contributed by atoms with van der Waals surface area (Å²) in [5.74, 6) is -2.70. The van der Waals surface area contributed by atoms with Crippen LogP contribution in [0.1, 0.15) is 5.56 Å². The Morgan fingerprint density at radius 3 is 2.57 bits per heavy atom. The van der Waals surface area contributed by atoms with Crippen LogP contribution in [-0.2, 0) is 11.0 Å². The topological polar surface area (TPSA) is 106 Å². The van der Waals surface area contributed by atoms with Crippen molar-refractivity contribution in [2.24, 2.45) is 0 Å². The lowest BCUT2D eigenvalue weighted by Crippen LogP contribution is -2.22. The fourth-order valence-electron chi connectivity index (χ4n) is 2.36. The number of nitrogens with one attached hydrogen (secondary N) is 1. The molecule has 0 aliphatic heterocycles. The van der Waals surface area contributed by atoms with Gasteiger partial charge in [0, 0.05) is 18.5 Å². The Bertz CT molecular complexity index is 1130. The summed E-state index contributed by atoms with van der Waals surface area (Å²) in [6, 6.07) is 4.60. The molecule has 2 N–H and O–H groups in total. The lowest BCUT2D eigenvalue weighted by atomic mass is 10.2. The predicted octanol–water partition coefficient (Wildman–Crippen LogP) is 2.99. The number of carboxylic acid groups (broad SMARTS) is 1. The molecular formula is C18H12F4N4O4. The maximum absolute atomic E-state index is 14.0. The van der Waals surface area contributed by atoms with Crippen LogP contribution in [0.25, 0.3) is 5.69 Å². The molecule has 0 spiro atoms. The zero-order chi connectivity index (χ0) is 21.9. The Morgan fingerprint density at radius 1 is 1.20 bits per heavy atom. The molecule has 0 unspecified atom stereocenters. The number of nitrogens with zero attached hydrogens (tertiary/aromatic N) is 3. The largest absolute Gasteiger partial charge is 0.479 e. The predicted molar refractivity (Wildman–Crippen MR) is 95.4 cm³/mol. The van der Waals surface area contributed by atoms with Crippen molar-refractivity contribution < 1.29 is 32.2 Å². The Morgan fingerprint density at radius 2 is 1.97 bits per heavy atom. The molecule has 0 atom stereocenters. The average molecular weight is 424 g/mol. The summed E-state index contributed by atoms with van der Waals surface area (Å²) < 4.78 is 58.0. The number of aromatic nitrogens is 3. The first-order valence-electron chi connectivity index (χ1n) is 8.17. The number of carbonyl (C=O) groups is 1. The van der Waals surface area contributed by atoms with Gasteiger partial charge < -0.3 is 15.2 Å². The monoisotopic (exact) mass is 424 g/mol. The van der Waals surface area contributed by atoms with Crippen molar-refractivity contribution in [1.29, 1.82) is 0 Å². The average Bonchev–Trinajstić information content (AvgIpc) is 2.69. The van der Waals surface area contributed by atoms with Crippen LogP contribution in [-0.4, -0.2) is 32.2 Å². The molecule has 0 aliphatic rings. The van der Waals surface area contributed by atoms with Crippen LogP contribution in [0, 0.1) is 5.82 Å². The minimum Gasteiger partial charge on any atom is -0.479 e. The lowest BCUT2D eigenvalue weighted by molar-refractivity contribution is -0.139. The minimum atomic E-state index is -4.70. The minimum absolute atomic E-state index is 0.0217. The highest BCUT2D eigenvalue weighted by Crippen LogP contribution is 2.31. The highest BCUT2D eigenvalue weighted by Gasteiger charge is 2.31. The molecular weight excluding hydrogens is 412 g/mol. The van der Waals surface area contributed by atoms with Crippen molar-refractivity contribution in [2.75, 3.05) is 11.9 Å². The smallest absolute Gasteiger partial charge is 0.416 e. The number of hydrogen-bond donors (Lipinski definition) is 2. The fourth-order valence-corrected chi connectivity index (χ4v) is 2.36. The van der Waals surface area contributed by atoms with E-state index in [0.29, 0.717) is 12.1 Å². The molecule has 0 radical (unpaired) electrons. The number of aliphatic carboxylic acids is 1. The van der Waals surface area contributed by atoms with E-state index < -0.39 is 35.7 Å². The van der Waals surface area contributed by atoms with Gasteiger partial charge in [-0.25, -0.2) is 19.2 Å². The van der Waals surface area contributed by atoms with Gasteiger partial charge in [0.1, 0.15) is 5.82 Å². The van der Waals surface area contributed by atoms with Crippen LogP contribution in [0.3, 0.4) is 0 Å². The normalized spacial score (nSPS) is 11.2. The Kier molecular flexibility index (Phi) is 5.67. The van der Waals surface area contributed by atoms with E-state index in [9.17, 15) is 27.2 Å². The molecule has 0 saturated heterocycles. The quantitative estimate of drug-likeness (QED) is 0.586. The summed E-state index contributed by atoms with van der Waals surface area (Å²) >= 11 is 0. The second-order valence-corrected chi connectivity index (χ2v) is 5.81. The SMILES string of the molecule is O=C(O)COc1ccc(-n2ccnc(Nc3ccc(C(F)(F)F)cc3F)c2=O)cn1. The number of carboxylic acids is 1. The molecule has 0 saturated carbocycles. The van der Waals surface area contributed by atoms with Crippen LogP contribution >= 0.6 is 0 Å². The standard InChI is InChI=1S/C18H12F4N4O4/c19-12-7-10(18(20,21)22)1-3-13(12)25-16-17(29)26(6-5-23-16)11-2-4-14(24-8-11)30-9-15(27)28/h1-8H,9H2,(H,23,25)(H,27,28). The fraction of sp³-hybridized carbons (Fsp3) is 0.111. The molecule has 2 aromatic heterocycles. The van der Waals surface area contributed by atoms with E-state index in [1.54, 1.807) is 0 Å². The van der Waals surface area contributed by atoms with Crippen LogP contribution in [0.15, 0.2) is 53.7 Å². The van der Waals surface area contributed by atoms with E-state index in [1.807, 2.05) is 0 Å². The Hall–Kier alpha value is -3.96. The van der Waals surface area contributed by atoms with Crippen molar-refractivity contribution in [2.45, 2.75) is 6.18 Å². The highest BCUT2D eigenvalue weighted by molar-refractivity contribution is 5.68. The van der Waals surface area contributed by atoms with Crippen LogP contribution in [0.5, 0.6) is 5.88 Å². The third-order valence-electron chi connectivity index (χ3n) is 3.73. The van der Waals surface area contributed by atoms with Crippen molar-refractivity contribution in [3.8, 4) is 11.6 Å². The Balaban J connectivity index is 1.85. The molecule has 2 heterocycles. The number of alkyl halides is 3. The molecule has 0 amide bonds. The van der Waals surface area contributed by atoms with Gasteiger partial charge in [-0.1, -0.05) is 0 Å². The molecule has 0 aliphatic carbocycles. The van der Waals surface area contributed by atoms with Gasteiger partial charge in [-0.15, -0.1) is 0 Å². The molecule has 8 nitrogen and oxygen atoms in total. The summed E-state index contributed by atoms with van der Waals surface area (Å²) in [6.45, 7) is -0.589. The van der Waals surface area contributed by atoms with Crippen molar-refractivity contribution in [3.63, 3.8) is 0 Å². The molecule has 3 aromatic rings. The summed E-state index contributed by atoms with van der Waals surface area (Å²) in [5.41, 5.74) is -1.99. The molecule has 12 heteroatoms. The maximum atomic E-state index is 14.0. The molecule has 30 heavy (non-hydrogen) atoms. The third kappa shape index (κ3) is 4.71. The van der Waals surface area contributed by atoms with Crippen LogP contribution < -0.4 is 15.6 Å². The molecule has 0 fully saturated rings. The summed E-state index contributed by atoms with van der Waals surface area (Å²) in [5, 5.41) is 11.0. The number of hydrogen-bond acceptors (Lipinski definition) is 6. The second-order valence-electron chi connectivity index (χ2n) is 5.81. The van der Waals surface area contributed by atoms with Crippen LogP contribution in [0.4, 0.5) is 29.1 Å². The van der Waals surface area contributed by atoms with Gasteiger partial charge in [0.25, 0.3) is 5.56 Å². The van der Waals surface area contributed by atoms with Gasteiger partial charge in [-0.2, -0.15) is 13.2 Å². The van der Waals surface area contributed by atoms with Crippen molar-refractivity contribution >= 4 is 17.5 Å². The summed E-state index contributed by atoms with van der Waals surface area (Å²) in [6.07, 6.45) is -0.947. The first kappa shape index (κ1) is 20.8. The zero-order valence-corrected chi connectivity index (χ0v) is 14.9. The van der Waals surface area contributed by atoms with E-state index in [0.717, 1.165) is 10.6 Å². The number of ether oxygens (including phenoxy) is 1. The number of halogens is 4. The van der Waals surface area contributed by atoms with Gasteiger partial charge >= 0.3 is 12.1 Å². The lowest BCUT2D eigenvalue weighted by Gasteiger charge is -2.12. The second kappa shape index (κ2) is 8.19. The number of rotatable bonds is 6. The number of pyridine rings is 1. The van der Waals surface area contributed by atoms with Gasteiger partial charge in [-0.3, -0.25) is 9.36 Å². The first-order chi connectivity index (χ1) is 14.1. The van der Waals surface area contributed by atoms with Crippen LogP contribution in [0.2, 0.25) is 0 Å². The zero-order valence-electron chi connectivity index (χ0n) is 14.9. The highest BCUT2D eigenvalue weighted by atomic mass is 19.4. The van der Waals surface area contributed by atoms with E-state index in [-0.39, 0.29) is 23.1 Å². The van der Waals surface area contributed by atoms with E-state index in [2.05, 4.69) is 15.3 Å². The third-order valence-corrected chi connectivity index (χ3v) is 3.73. The summed E-state index contributed by atoms with van der Waals surface area (Å²) in [7, 11) is 0. The number of benzene rings is 1. The van der Waals surface area contributed by atoms with Gasteiger partial charge in [0.2, 0.25) is 5.88 Å². The maximum Gasteiger partial charge on any atom is 0.416 e. The number of anilines is 2. The molecule has 1 aromatic carbocycles. The Labute approximate surface area is 165 Å².